The summed E-state index contributed by atoms with van der Waals surface area (Å²) in [5.74, 6) is -0.635. The molecule has 1 fully saturated rings. The Bertz CT molecular complexity index is 1180. The normalized spacial score (nSPS) is 16.9. The number of rotatable bonds is 8. The van der Waals surface area contributed by atoms with Crippen molar-refractivity contribution in [1.29, 1.82) is 0 Å². The molecule has 12 heteroatoms. The van der Waals surface area contributed by atoms with Gasteiger partial charge in [0.15, 0.2) is 6.04 Å². The van der Waals surface area contributed by atoms with Crippen LogP contribution < -0.4 is 15.4 Å². The number of piperazine rings is 1. The van der Waals surface area contributed by atoms with Crippen LogP contribution in [-0.4, -0.2) is 65.8 Å². The van der Waals surface area contributed by atoms with Crippen molar-refractivity contribution in [3.8, 4) is 0 Å². The summed E-state index contributed by atoms with van der Waals surface area (Å²) >= 11 is 0. The number of nitrogens with two attached hydrogens (primary N) is 1. The Morgan fingerprint density at radius 2 is 1.58 bits per heavy atom. The van der Waals surface area contributed by atoms with Gasteiger partial charge in [0.2, 0.25) is 20.0 Å². The van der Waals surface area contributed by atoms with Crippen LogP contribution in [0.2, 0.25) is 0 Å². The lowest BCUT2D eigenvalue weighted by Gasteiger charge is -2.34. The van der Waals surface area contributed by atoms with Crippen molar-refractivity contribution in [2.24, 2.45) is 5.14 Å². The van der Waals surface area contributed by atoms with E-state index in [0.29, 0.717) is 26.1 Å². The van der Waals surface area contributed by atoms with Crippen LogP contribution in [0.3, 0.4) is 0 Å². The Kier molecular flexibility index (Phi) is 7.85. The summed E-state index contributed by atoms with van der Waals surface area (Å²) < 4.78 is 62.5. The number of nitrogens with zero attached hydrogens (tertiary/aromatic N) is 1. The van der Waals surface area contributed by atoms with Crippen LogP contribution in [-0.2, 0) is 31.3 Å². The molecular formula is C21H28FN4O5S2+. The summed E-state index contributed by atoms with van der Waals surface area (Å²) in [7, 11) is -7.43. The minimum absolute atomic E-state index is 0.0353. The van der Waals surface area contributed by atoms with Crippen molar-refractivity contribution in [2.75, 3.05) is 32.7 Å². The second-order valence-electron chi connectivity index (χ2n) is 7.97. The van der Waals surface area contributed by atoms with Crippen molar-refractivity contribution >= 4 is 26.0 Å². The van der Waals surface area contributed by atoms with Gasteiger partial charge in [-0.1, -0.05) is 12.1 Å². The fraction of sp³-hybridized carbons (Fsp3) is 0.381. The number of carbonyl (C=O) groups is 1. The van der Waals surface area contributed by atoms with Crippen molar-refractivity contribution < 1.29 is 30.9 Å². The Morgan fingerprint density at radius 1 is 1.03 bits per heavy atom. The number of nitrogens with one attached hydrogen (secondary N) is 2. The van der Waals surface area contributed by atoms with Crippen molar-refractivity contribution in [1.82, 2.24) is 9.62 Å². The highest BCUT2D eigenvalue weighted by molar-refractivity contribution is 7.89. The number of benzene rings is 2. The summed E-state index contributed by atoms with van der Waals surface area (Å²) in [6.07, 6.45) is 0.530. The minimum atomic E-state index is -3.74. The molecule has 0 aliphatic carbocycles. The maximum Gasteiger partial charge on any atom is 0.278 e. The van der Waals surface area contributed by atoms with Crippen LogP contribution in [0.5, 0.6) is 0 Å². The number of quaternary nitrogens is 1. The Balaban J connectivity index is 1.47. The molecule has 0 bridgehead atoms. The standard InChI is InChI=1S/C21H27FN4O5S2/c1-16(21(27)24-11-10-17-2-6-19(7-3-17)32(23,28)29)25-12-14-26(15-13-25)33(30,31)20-8-4-18(22)5-9-20/h2-9,16H,10-15H2,1H3,(H,24,27)(H2,23,28,29)/p+1. The molecule has 1 aliphatic heterocycles. The van der Waals surface area contributed by atoms with Gasteiger partial charge in [-0.3, -0.25) is 4.79 Å². The van der Waals surface area contributed by atoms with Gasteiger partial charge in [0.25, 0.3) is 5.91 Å². The minimum Gasteiger partial charge on any atom is -0.351 e. The van der Waals surface area contributed by atoms with E-state index in [9.17, 15) is 26.0 Å². The molecule has 4 N–H and O–H groups in total. The lowest BCUT2D eigenvalue weighted by atomic mass is 10.1. The Morgan fingerprint density at radius 3 is 2.12 bits per heavy atom. The lowest BCUT2D eigenvalue weighted by molar-refractivity contribution is -0.917. The number of primary sulfonamides is 1. The highest BCUT2D eigenvalue weighted by atomic mass is 32.2. The Labute approximate surface area is 193 Å². The van der Waals surface area contributed by atoms with Crippen LogP contribution >= 0.6 is 0 Å². The zero-order valence-electron chi connectivity index (χ0n) is 18.2. The van der Waals surface area contributed by atoms with E-state index in [-0.39, 0.29) is 34.8 Å². The first-order chi connectivity index (χ1) is 15.5. The van der Waals surface area contributed by atoms with E-state index in [2.05, 4.69) is 5.32 Å². The van der Waals surface area contributed by atoms with Crippen LogP contribution in [0, 0.1) is 5.82 Å². The number of halogens is 1. The molecule has 2 aromatic rings. The number of hydrogen-bond acceptors (Lipinski definition) is 5. The van der Waals surface area contributed by atoms with E-state index < -0.39 is 25.9 Å². The molecular weight excluding hydrogens is 471 g/mol. The predicted molar refractivity (Wildman–Crippen MR) is 120 cm³/mol. The van der Waals surface area contributed by atoms with E-state index >= 15 is 0 Å². The topological polar surface area (TPSA) is 131 Å². The van der Waals surface area contributed by atoms with Crippen LogP contribution in [0.15, 0.2) is 58.3 Å². The number of carbonyl (C=O) groups excluding carboxylic acids is 1. The van der Waals surface area contributed by atoms with Gasteiger partial charge in [-0.05, 0) is 55.3 Å². The summed E-state index contributed by atoms with van der Waals surface area (Å²) in [5, 5.41) is 7.96. The average molecular weight is 500 g/mol. The average Bonchev–Trinajstić information content (AvgIpc) is 2.78. The van der Waals surface area contributed by atoms with E-state index in [1.165, 1.54) is 28.6 Å². The summed E-state index contributed by atoms with van der Waals surface area (Å²) in [6, 6.07) is 10.6. The van der Waals surface area contributed by atoms with Gasteiger partial charge >= 0.3 is 0 Å². The molecule has 3 rings (SSSR count). The monoisotopic (exact) mass is 499 g/mol. The molecule has 180 valence electrons. The van der Waals surface area contributed by atoms with Crippen LogP contribution in [0.25, 0.3) is 0 Å². The van der Waals surface area contributed by atoms with Gasteiger partial charge in [-0.2, -0.15) is 4.31 Å². The number of hydrogen-bond donors (Lipinski definition) is 3. The van der Waals surface area contributed by atoms with E-state index in [1.54, 1.807) is 19.1 Å². The van der Waals surface area contributed by atoms with Gasteiger partial charge in [0, 0.05) is 6.54 Å². The highest BCUT2D eigenvalue weighted by Gasteiger charge is 2.34. The van der Waals surface area contributed by atoms with Crippen molar-refractivity contribution in [3.63, 3.8) is 0 Å². The molecule has 2 aromatic carbocycles. The first kappa shape index (κ1) is 25.2. The zero-order chi connectivity index (χ0) is 24.2. The summed E-state index contributed by atoms with van der Waals surface area (Å²) in [4.78, 5) is 13.6. The second-order valence-corrected chi connectivity index (χ2v) is 11.5. The number of sulfonamides is 2. The van der Waals surface area contributed by atoms with Gasteiger partial charge in [-0.15, -0.1) is 0 Å². The van der Waals surface area contributed by atoms with Gasteiger partial charge in [-0.25, -0.2) is 26.4 Å². The third kappa shape index (κ3) is 6.36. The second kappa shape index (κ2) is 10.3. The number of amides is 1. The predicted octanol–water partition coefficient (Wildman–Crippen LogP) is -0.890. The van der Waals surface area contributed by atoms with Gasteiger partial charge in [0.05, 0.1) is 36.0 Å². The third-order valence-corrected chi connectivity index (χ3v) is 8.63. The fourth-order valence-electron chi connectivity index (χ4n) is 3.72. The molecule has 1 aliphatic rings. The van der Waals surface area contributed by atoms with E-state index in [4.69, 9.17) is 5.14 Å². The highest BCUT2D eigenvalue weighted by Crippen LogP contribution is 2.16. The molecule has 0 spiro atoms. The zero-order valence-corrected chi connectivity index (χ0v) is 19.8. The largest absolute Gasteiger partial charge is 0.351 e. The van der Waals surface area contributed by atoms with Crippen LogP contribution in [0.1, 0.15) is 12.5 Å². The maximum absolute atomic E-state index is 13.1. The first-order valence-corrected chi connectivity index (χ1v) is 13.5. The summed E-state index contributed by atoms with van der Waals surface area (Å²) in [5.41, 5.74) is 0.863. The van der Waals surface area contributed by atoms with Gasteiger partial charge < -0.3 is 10.2 Å². The molecule has 1 saturated heterocycles. The molecule has 0 radical (unpaired) electrons. The van der Waals surface area contributed by atoms with Crippen LogP contribution in [0.4, 0.5) is 4.39 Å². The molecule has 1 atom stereocenters. The quantitative estimate of drug-likeness (QED) is 0.434. The fourth-order valence-corrected chi connectivity index (χ4v) is 5.67. The Hall–Kier alpha value is -2.38. The SMILES string of the molecule is CC(C(=O)NCCc1ccc(S(N)(=O)=O)cc1)[NH+]1CCN(S(=O)(=O)c2ccc(F)cc2)CC1. The first-order valence-electron chi connectivity index (χ1n) is 10.5. The van der Waals surface area contributed by atoms with E-state index in [0.717, 1.165) is 22.6 Å². The molecule has 0 saturated carbocycles. The smallest absolute Gasteiger partial charge is 0.278 e. The molecule has 1 unspecified atom stereocenters. The third-order valence-electron chi connectivity index (χ3n) is 5.79. The molecule has 1 heterocycles. The summed E-state index contributed by atoms with van der Waals surface area (Å²) in [6.45, 7) is 3.67. The molecule has 0 aromatic heterocycles. The van der Waals surface area contributed by atoms with Gasteiger partial charge in [0.1, 0.15) is 5.82 Å². The molecule has 33 heavy (non-hydrogen) atoms. The lowest BCUT2D eigenvalue weighted by Crippen LogP contribution is -3.19. The van der Waals surface area contributed by atoms with Crippen molar-refractivity contribution in [3.05, 3.63) is 59.9 Å². The molecule has 1 amide bonds. The maximum atomic E-state index is 13.1. The van der Waals surface area contributed by atoms with Crippen molar-refractivity contribution in [2.45, 2.75) is 29.2 Å². The molecule has 9 nitrogen and oxygen atoms in total. The van der Waals surface area contributed by atoms with E-state index in [1.807, 2.05) is 0 Å².